The van der Waals surface area contributed by atoms with E-state index in [1.165, 1.54) is 0 Å². The van der Waals surface area contributed by atoms with Crippen LogP contribution in [0.3, 0.4) is 0 Å². The minimum atomic E-state index is -0.256. The summed E-state index contributed by atoms with van der Waals surface area (Å²) in [6.45, 7) is 2.22. The van der Waals surface area contributed by atoms with Crippen molar-refractivity contribution in [1.29, 1.82) is 0 Å². The van der Waals surface area contributed by atoms with Crippen LogP contribution in [-0.2, 0) is 4.74 Å². The van der Waals surface area contributed by atoms with Gasteiger partial charge in [-0.05, 0) is 53.8 Å². The molecule has 1 aromatic rings. The Balaban J connectivity index is 2.75. The van der Waals surface area contributed by atoms with E-state index in [0.717, 1.165) is 3.57 Å². The van der Waals surface area contributed by atoms with Gasteiger partial charge in [-0.25, -0.2) is 4.79 Å². The van der Waals surface area contributed by atoms with Gasteiger partial charge in [0.25, 0.3) is 0 Å². The van der Waals surface area contributed by atoms with Gasteiger partial charge in [-0.1, -0.05) is 0 Å². The number of ether oxygens (including phenoxy) is 1. The van der Waals surface area contributed by atoms with Gasteiger partial charge in [0.1, 0.15) is 0 Å². The molecule has 0 aliphatic heterocycles. The molecule has 0 saturated heterocycles. The van der Waals surface area contributed by atoms with Crippen LogP contribution >= 0.6 is 22.6 Å². The molecule has 0 amide bonds. The smallest absolute Gasteiger partial charge is 0.338 e. The molecule has 0 heterocycles. The second-order valence-electron chi connectivity index (χ2n) is 2.23. The molecule has 0 fully saturated rings. The Labute approximate surface area is 85.1 Å². The van der Waals surface area contributed by atoms with Gasteiger partial charge < -0.3 is 4.74 Å². The fourth-order valence-electron chi connectivity index (χ4n) is 0.800. The molecule has 0 spiro atoms. The van der Waals surface area contributed by atoms with Gasteiger partial charge in [-0.15, -0.1) is 0 Å². The van der Waals surface area contributed by atoms with Gasteiger partial charge in [0.05, 0.1) is 12.2 Å². The molecule has 0 bridgehead atoms. The molecule has 0 radical (unpaired) electrons. The van der Waals surface area contributed by atoms with E-state index in [9.17, 15) is 4.79 Å². The lowest BCUT2D eigenvalue weighted by atomic mass is 10.2. The van der Waals surface area contributed by atoms with Crippen molar-refractivity contribution < 1.29 is 9.53 Å². The number of carbonyl (C=O) groups is 1. The Morgan fingerprint density at radius 1 is 1.42 bits per heavy atom. The molecule has 0 saturated carbocycles. The first-order chi connectivity index (χ1) is 5.74. The lowest BCUT2D eigenvalue weighted by Gasteiger charge is -2.00. The molecule has 0 unspecified atom stereocenters. The van der Waals surface area contributed by atoms with Crippen LogP contribution in [0.15, 0.2) is 24.3 Å². The highest BCUT2D eigenvalue weighted by Crippen LogP contribution is 2.07. The Bertz CT molecular complexity index is 266. The van der Waals surface area contributed by atoms with E-state index in [2.05, 4.69) is 22.6 Å². The van der Waals surface area contributed by atoms with E-state index in [4.69, 9.17) is 4.74 Å². The molecule has 0 aromatic heterocycles. The van der Waals surface area contributed by atoms with Gasteiger partial charge in [0, 0.05) is 3.57 Å². The van der Waals surface area contributed by atoms with Crippen molar-refractivity contribution in [3.8, 4) is 0 Å². The minimum absolute atomic E-state index is 0.256. The first kappa shape index (κ1) is 9.51. The average molecular weight is 272 g/mol. The van der Waals surface area contributed by atoms with Crippen LogP contribution in [0, 0.1) is 3.57 Å². The highest BCUT2D eigenvalue weighted by Gasteiger charge is 2.03. The van der Waals surface area contributed by atoms with Crippen LogP contribution in [0.5, 0.6) is 0 Å². The summed E-state index contributed by atoms with van der Waals surface area (Å²) in [6, 6.07) is 7.29. The predicted molar refractivity (Wildman–Crippen MR) is 55.1 cm³/mol. The highest BCUT2D eigenvalue weighted by molar-refractivity contribution is 14.1. The second kappa shape index (κ2) is 4.45. The maximum Gasteiger partial charge on any atom is 0.338 e. The molecule has 0 N–H and O–H groups in total. The van der Waals surface area contributed by atoms with Crippen molar-refractivity contribution in [1.82, 2.24) is 0 Å². The monoisotopic (exact) mass is 272 g/mol. The SMILES string of the molecule is CCOC(=O)c1ccc([123I])cc1. The molecule has 0 aliphatic carbocycles. The molecule has 0 atom stereocenters. The highest BCUT2D eigenvalue weighted by atomic mass is 123. The van der Waals surface area contributed by atoms with Crippen molar-refractivity contribution in [2.75, 3.05) is 6.61 Å². The maximum atomic E-state index is 11.1. The van der Waals surface area contributed by atoms with E-state index in [1.807, 2.05) is 12.1 Å². The minimum Gasteiger partial charge on any atom is -0.462 e. The summed E-state index contributed by atoms with van der Waals surface area (Å²) >= 11 is 2.19. The van der Waals surface area contributed by atoms with Gasteiger partial charge in [0.15, 0.2) is 0 Å². The molecule has 12 heavy (non-hydrogen) atoms. The van der Waals surface area contributed by atoms with Crippen LogP contribution in [0.1, 0.15) is 17.3 Å². The third-order valence-corrected chi connectivity index (χ3v) is 2.07. The normalized spacial score (nSPS) is 9.50. The summed E-state index contributed by atoms with van der Waals surface area (Å²) in [7, 11) is 0. The largest absolute Gasteiger partial charge is 0.462 e. The third-order valence-electron chi connectivity index (χ3n) is 1.36. The van der Waals surface area contributed by atoms with Crippen LogP contribution in [0.25, 0.3) is 0 Å². The Kier molecular flexibility index (Phi) is 3.52. The van der Waals surface area contributed by atoms with Gasteiger partial charge in [-0.3, -0.25) is 0 Å². The fourth-order valence-corrected chi connectivity index (χ4v) is 1.16. The fraction of sp³-hybridized carbons (Fsp3) is 0.222. The summed E-state index contributed by atoms with van der Waals surface area (Å²) in [5.74, 6) is -0.256. The number of benzene rings is 1. The molecular formula is C9H9IO2. The molecule has 64 valence electrons. The van der Waals surface area contributed by atoms with E-state index >= 15 is 0 Å². The van der Waals surface area contributed by atoms with Crippen LogP contribution < -0.4 is 0 Å². The maximum absolute atomic E-state index is 11.1. The van der Waals surface area contributed by atoms with Crippen molar-refractivity contribution >= 4 is 28.6 Å². The van der Waals surface area contributed by atoms with Crippen molar-refractivity contribution in [3.63, 3.8) is 0 Å². The molecule has 1 rings (SSSR count). The standard InChI is InChI=1S/C9H9IO2/c1-2-12-9(11)7-3-5-8(10)6-4-7/h3-6H,2H2,1H3/i10-4. The molecule has 0 aliphatic rings. The zero-order valence-electron chi connectivity index (χ0n) is 6.71. The number of halogens is 1. The first-order valence-electron chi connectivity index (χ1n) is 3.66. The molecule has 3 heteroatoms. The quantitative estimate of drug-likeness (QED) is 0.610. The van der Waals surface area contributed by atoms with Crippen molar-refractivity contribution in [2.24, 2.45) is 0 Å². The Morgan fingerprint density at radius 2 is 2.00 bits per heavy atom. The predicted octanol–water partition coefficient (Wildman–Crippen LogP) is 2.47. The summed E-state index contributed by atoms with van der Waals surface area (Å²) in [5.41, 5.74) is 0.609. The first-order valence-corrected chi connectivity index (χ1v) is 4.74. The number of hydrogen-bond donors (Lipinski definition) is 0. The second-order valence-corrected chi connectivity index (χ2v) is 3.47. The van der Waals surface area contributed by atoms with Crippen LogP contribution in [0.2, 0.25) is 0 Å². The number of hydrogen-bond acceptors (Lipinski definition) is 2. The molecule has 1 aromatic carbocycles. The summed E-state index contributed by atoms with van der Waals surface area (Å²) in [6.07, 6.45) is 0. The summed E-state index contributed by atoms with van der Waals surface area (Å²) in [5, 5.41) is 0. The Hall–Kier alpha value is -0.580. The topological polar surface area (TPSA) is 26.3 Å². The van der Waals surface area contributed by atoms with Crippen LogP contribution in [0.4, 0.5) is 0 Å². The van der Waals surface area contributed by atoms with Gasteiger partial charge in [0.2, 0.25) is 0 Å². The summed E-state index contributed by atoms with van der Waals surface area (Å²) in [4.78, 5) is 11.1. The average Bonchev–Trinajstić information content (AvgIpc) is 2.06. The zero-order chi connectivity index (χ0) is 8.97. The lowest BCUT2D eigenvalue weighted by molar-refractivity contribution is 0.0526. The summed E-state index contributed by atoms with van der Waals surface area (Å²) < 4.78 is 5.94. The van der Waals surface area contributed by atoms with Gasteiger partial charge in [-0.2, -0.15) is 0 Å². The van der Waals surface area contributed by atoms with Crippen molar-refractivity contribution in [3.05, 3.63) is 33.4 Å². The number of carbonyl (C=O) groups excluding carboxylic acids is 1. The van der Waals surface area contributed by atoms with Crippen molar-refractivity contribution in [2.45, 2.75) is 6.92 Å². The molecule has 2 nitrogen and oxygen atoms in total. The third kappa shape index (κ3) is 2.48. The number of rotatable bonds is 2. The van der Waals surface area contributed by atoms with Gasteiger partial charge >= 0.3 is 5.97 Å². The van der Waals surface area contributed by atoms with E-state index in [0.29, 0.717) is 12.2 Å². The van der Waals surface area contributed by atoms with E-state index in [1.54, 1.807) is 19.1 Å². The Morgan fingerprint density at radius 3 is 2.50 bits per heavy atom. The zero-order valence-corrected chi connectivity index (χ0v) is 8.87. The number of esters is 1. The molecular weight excluding hydrogens is 263 g/mol. The van der Waals surface area contributed by atoms with Crippen LogP contribution in [-0.4, -0.2) is 12.6 Å². The van der Waals surface area contributed by atoms with E-state index in [-0.39, 0.29) is 5.97 Å². The lowest BCUT2D eigenvalue weighted by Crippen LogP contribution is -2.03. The van der Waals surface area contributed by atoms with E-state index < -0.39 is 0 Å².